The Bertz CT molecular complexity index is 2660. The molecule has 2 fully saturated rings. The lowest BCUT2D eigenvalue weighted by atomic mass is 9.98. The highest BCUT2D eigenvalue weighted by molar-refractivity contribution is 6.05. The van der Waals surface area contributed by atoms with Gasteiger partial charge in [0.1, 0.15) is 17.6 Å². The van der Waals surface area contributed by atoms with E-state index in [-0.39, 0.29) is 41.9 Å². The van der Waals surface area contributed by atoms with Crippen molar-refractivity contribution in [3.63, 3.8) is 0 Å². The summed E-state index contributed by atoms with van der Waals surface area (Å²) in [5.41, 5.74) is 6.22. The summed E-state index contributed by atoms with van der Waals surface area (Å²) in [5.74, 6) is 5.81. The zero-order chi connectivity index (χ0) is 38.8. The number of hydrogen-bond acceptors (Lipinski definition) is 10. The van der Waals surface area contributed by atoms with Crippen molar-refractivity contribution in [2.45, 2.75) is 25.8 Å². The van der Waals surface area contributed by atoms with Crippen LogP contribution in [0.2, 0.25) is 0 Å². The maximum Gasteiger partial charge on any atom is 0.270 e. The fraction of sp³-hybridized carbons (Fsp3) is 0.233. The van der Waals surface area contributed by atoms with Gasteiger partial charge in [-0.3, -0.25) is 34.5 Å². The van der Waals surface area contributed by atoms with Crippen molar-refractivity contribution in [3.8, 4) is 34.4 Å². The molecule has 0 aliphatic carbocycles. The number of aryl methyl sites for hydroxylation is 2. The molecule has 3 amide bonds. The Balaban J connectivity index is 0.980. The van der Waals surface area contributed by atoms with Gasteiger partial charge >= 0.3 is 0 Å². The minimum absolute atomic E-state index is 0.0429. The van der Waals surface area contributed by atoms with E-state index >= 15 is 0 Å². The maximum atomic E-state index is 13.0. The average molecular weight is 747 g/mol. The topological polar surface area (TPSA) is 160 Å². The Labute approximate surface area is 322 Å². The predicted octanol–water partition coefficient (Wildman–Crippen LogP) is 4.35. The lowest BCUT2D eigenvalue weighted by Crippen LogP contribution is -2.47. The van der Waals surface area contributed by atoms with Gasteiger partial charge in [-0.25, -0.2) is 4.98 Å². The number of benzene rings is 2. The van der Waals surface area contributed by atoms with Gasteiger partial charge in [0.2, 0.25) is 11.8 Å². The maximum absolute atomic E-state index is 13.0. The Morgan fingerprint density at radius 1 is 0.964 bits per heavy atom. The highest BCUT2D eigenvalue weighted by Crippen LogP contribution is 2.35. The summed E-state index contributed by atoms with van der Waals surface area (Å²) >= 11 is 0. The number of morpholine rings is 1. The van der Waals surface area contributed by atoms with Gasteiger partial charge in [0, 0.05) is 83.7 Å². The zero-order valence-electron chi connectivity index (χ0n) is 30.9. The first-order valence-corrected chi connectivity index (χ1v) is 18.4. The number of aromatic nitrogens is 4. The highest BCUT2D eigenvalue weighted by atomic mass is 16.5. The number of ether oxygens (including phenoxy) is 1. The van der Waals surface area contributed by atoms with E-state index in [1.54, 1.807) is 23.9 Å². The highest BCUT2D eigenvalue weighted by Gasteiger charge is 2.26. The number of pyridine rings is 4. The summed E-state index contributed by atoms with van der Waals surface area (Å²) in [5, 5.41) is 11.0. The lowest BCUT2D eigenvalue weighted by molar-refractivity contribution is -0.133. The number of anilines is 2. The molecule has 13 heteroatoms. The summed E-state index contributed by atoms with van der Waals surface area (Å²) < 4.78 is 7.28. The third-order valence-corrected chi connectivity index (χ3v) is 10.0. The van der Waals surface area contributed by atoms with E-state index in [2.05, 4.69) is 37.7 Å². The van der Waals surface area contributed by atoms with Gasteiger partial charge in [0.15, 0.2) is 0 Å². The molecule has 13 nitrogen and oxygen atoms in total. The molecule has 2 aliphatic rings. The molecular weight excluding hydrogens is 709 g/mol. The Morgan fingerprint density at radius 2 is 1.80 bits per heavy atom. The second kappa shape index (κ2) is 15.4. The van der Waals surface area contributed by atoms with Crippen molar-refractivity contribution in [1.29, 1.82) is 0 Å². The van der Waals surface area contributed by atoms with Crippen LogP contribution in [-0.4, -0.2) is 76.1 Å². The molecule has 3 N–H and O–H groups in total. The predicted molar refractivity (Wildman–Crippen MR) is 214 cm³/mol. The third-order valence-electron chi connectivity index (χ3n) is 10.0. The van der Waals surface area contributed by atoms with Crippen molar-refractivity contribution in [2.75, 3.05) is 43.1 Å². The normalized spacial score (nSPS) is 15.6. The molecule has 6 aromatic rings. The fourth-order valence-corrected chi connectivity index (χ4v) is 7.06. The van der Waals surface area contributed by atoms with E-state index < -0.39 is 6.04 Å². The first kappa shape index (κ1) is 36.1. The van der Waals surface area contributed by atoms with Gasteiger partial charge < -0.3 is 24.8 Å². The Morgan fingerprint density at radius 3 is 2.61 bits per heavy atom. The van der Waals surface area contributed by atoms with Crippen LogP contribution >= 0.6 is 0 Å². The van der Waals surface area contributed by atoms with Gasteiger partial charge in [-0.1, -0.05) is 36.1 Å². The largest absolute Gasteiger partial charge is 0.378 e. The van der Waals surface area contributed by atoms with Crippen LogP contribution < -0.4 is 26.4 Å². The van der Waals surface area contributed by atoms with Crippen LogP contribution in [-0.2, 0) is 21.4 Å². The van der Waals surface area contributed by atoms with Crippen LogP contribution in [0.1, 0.15) is 34.5 Å². The van der Waals surface area contributed by atoms with Crippen LogP contribution in [0, 0.1) is 18.8 Å². The molecule has 2 aromatic carbocycles. The van der Waals surface area contributed by atoms with Crippen LogP contribution in [0.15, 0.2) is 90.0 Å². The van der Waals surface area contributed by atoms with Crippen LogP contribution in [0.25, 0.3) is 44.2 Å². The van der Waals surface area contributed by atoms with Crippen molar-refractivity contribution in [2.24, 2.45) is 7.05 Å². The Kier molecular flexibility index (Phi) is 9.95. The molecule has 8 rings (SSSR count). The second-order valence-corrected chi connectivity index (χ2v) is 13.8. The van der Waals surface area contributed by atoms with Crippen LogP contribution in [0.3, 0.4) is 0 Å². The lowest BCUT2D eigenvalue weighted by Gasteiger charge is -2.29. The van der Waals surface area contributed by atoms with Crippen molar-refractivity contribution < 1.29 is 19.1 Å². The van der Waals surface area contributed by atoms with Gasteiger partial charge in [-0.05, 0) is 61.2 Å². The molecule has 2 aliphatic heterocycles. The molecule has 0 saturated carbocycles. The molecular formula is C43H38N8O5. The van der Waals surface area contributed by atoms with Gasteiger partial charge in [0.25, 0.3) is 11.5 Å². The van der Waals surface area contributed by atoms with Crippen molar-refractivity contribution in [1.82, 2.24) is 30.2 Å². The standard InChI is InChI=1S/C43H38N8O5/c1-26-20-32-37(50(2)43(26)55)23-38(51-16-18-56-19-17-51)48-40(32)31-10-4-8-28-22-36(46-25-33(28)31)29-11-12-34(45-24-29)41(53)44-15-5-7-27-6-3-9-30(21-27)47-35-13-14-39(52)49-42(35)54/h3-4,6,8-12,20-25,35,47H,13-19H2,1-2H3,(H,44,53)(H,49,52,54). The minimum atomic E-state index is -0.490. The zero-order valence-corrected chi connectivity index (χ0v) is 30.9. The van der Waals surface area contributed by atoms with E-state index in [0.717, 1.165) is 44.3 Å². The molecule has 1 unspecified atom stereocenters. The summed E-state index contributed by atoms with van der Waals surface area (Å²) in [6.07, 6.45) is 4.18. The van der Waals surface area contributed by atoms with Crippen molar-refractivity contribution in [3.05, 3.63) is 112 Å². The van der Waals surface area contributed by atoms with Crippen LogP contribution in [0.4, 0.5) is 11.5 Å². The number of carbonyl (C=O) groups excluding carboxylic acids is 3. The van der Waals surface area contributed by atoms with Gasteiger partial charge in [0.05, 0.1) is 36.7 Å². The smallest absolute Gasteiger partial charge is 0.270 e. The molecule has 56 heavy (non-hydrogen) atoms. The number of amides is 3. The van der Waals surface area contributed by atoms with Crippen LogP contribution in [0.5, 0.6) is 0 Å². The molecule has 280 valence electrons. The Hall–Kier alpha value is -6.91. The average Bonchev–Trinajstić information content (AvgIpc) is 3.22. The summed E-state index contributed by atoms with van der Waals surface area (Å²) in [6, 6.07) is 22.2. The van der Waals surface area contributed by atoms with E-state index in [0.29, 0.717) is 55.2 Å². The number of nitrogens with one attached hydrogen (secondary N) is 3. The molecule has 2 saturated heterocycles. The molecule has 0 bridgehead atoms. The fourth-order valence-electron chi connectivity index (χ4n) is 7.06. The number of piperidine rings is 1. The first-order valence-electron chi connectivity index (χ1n) is 18.4. The van der Waals surface area contributed by atoms with E-state index in [1.165, 1.54) is 0 Å². The third kappa shape index (κ3) is 7.42. The number of hydrogen-bond donors (Lipinski definition) is 3. The summed E-state index contributed by atoms with van der Waals surface area (Å²) in [7, 11) is 1.80. The van der Waals surface area contributed by atoms with E-state index in [1.807, 2.05) is 79.9 Å². The minimum Gasteiger partial charge on any atom is -0.378 e. The molecule has 6 heterocycles. The SMILES string of the molecule is Cc1cc2c(-c3cccc4cc(-c5ccc(C(=O)NCC#Cc6cccc(NC7CCC(=O)NC7=O)c6)nc5)ncc34)nc(N3CCOCC3)cc2n(C)c1=O. The van der Waals surface area contributed by atoms with Crippen molar-refractivity contribution >= 4 is 50.9 Å². The molecule has 0 spiro atoms. The number of imide groups is 1. The second-order valence-electron chi connectivity index (χ2n) is 13.8. The quantitative estimate of drug-likeness (QED) is 0.158. The first-order chi connectivity index (χ1) is 27.2. The summed E-state index contributed by atoms with van der Waals surface area (Å²) in [4.78, 5) is 66.0. The molecule has 0 radical (unpaired) electrons. The number of carbonyl (C=O) groups is 3. The summed E-state index contributed by atoms with van der Waals surface area (Å²) in [6.45, 7) is 4.59. The van der Waals surface area contributed by atoms with Gasteiger partial charge in [-0.2, -0.15) is 0 Å². The van der Waals surface area contributed by atoms with Gasteiger partial charge in [-0.15, -0.1) is 0 Å². The number of nitrogens with zero attached hydrogens (tertiary/aromatic N) is 5. The molecule has 1 atom stereocenters. The number of rotatable bonds is 7. The van der Waals surface area contributed by atoms with E-state index in [4.69, 9.17) is 14.7 Å². The monoisotopic (exact) mass is 746 g/mol. The number of fused-ring (bicyclic) bond motifs is 2. The van der Waals surface area contributed by atoms with E-state index in [9.17, 15) is 19.2 Å². The molecule has 4 aromatic heterocycles.